The smallest absolute Gasteiger partial charge is 0.0707 e. The van der Waals surface area contributed by atoms with Crippen molar-refractivity contribution in [1.82, 2.24) is 4.98 Å². The highest BCUT2D eigenvalue weighted by Gasteiger charge is 2.09. The van der Waals surface area contributed by atoms with Crippen molar-refractivity contribution in [2.75, 3.05) is 0 Å². The molecule has 0 fully saturated rings. The molecule has 0 unspecified atom stereocenters. The van der Waals surface area contributed by atoms with Gasteiger partial charge in [0.15, 0.2) is 0 Å². The van der Waals surface area contributed by atoms with Gasteiger partial charge in [-0.05, 0) is 73.2 Å². The minimum absolute atomic E-state index is 1.06. The molecule has 3 rings (SSSR count). The monoisotopic (exact) mass is 287 g/mol. The molecule has 0 aliphatic rings. The summed E-state index contributed by atoms with van der Waals surface area (Å²) in [4.78, 5) is 4.61. The second-order valence-electron chi connectivity index (χ2n) is 6.00. The number of hydrogen-bond donors (Lipinski definition) is 0. The summed E-state index contributed by atoms with van der Waals surface area (Å²) in [6.45, 7) is 8.58. The Morgan fingerprint density at radius 2 is 1.27 bits per heavy atom. The first-order valence-electron chi connectivity index (χ1n) is 7.66. The second kappa shape index (κ2) is 5.76. The van der Waals surface area contributed by atoms with E-state index in [0.717, 1.165) is 5.69 Å². The number of nitrogens with zero attached hydrogens (tertiary/aromatic N) is 1. The first-order valence-corrected chi connectivity index (χ1v) is 7.66. The van der Waals surface area contributed by atoms with Crippen LogP contribution in [-0.2, 0) is 0 Å². The second-order valence-corrected chi connectivity index (χ2v) is 6.00. The van der Waals surface area contributed by atoms with Crippen molar-refractivity contribution in [1.29, 1.82) is 0 Å². The van der Waals surface area contributed by atoms with Gasteiger partial charge in [0.25, 0.3) is 0 Å². The van der Waals surface area contributed by atoms with E-state index in [2.05, 4.69) is 81.2 Å². The van der Waals surface area contributed by atoms with Crippen molar-refractivity contribution in [3.8, 4) is 22.4 Å². The highest BCUT2D eigenvalue weighted by atomic mass is 14.7. The van der Waals surface area contributed by atoms with Crippen LogP contribution in [0.15, 0.2) is 54.7 Å². The highest BCUT2D eigenvalue weighted by molar-refractivity contribution is 5.75. The maximum atomic E-state index is 4.61. The van der Waals surface area contributed by atoms with E-state index in [4.69, 9.17) is 0 Å². The molecular weight excluding hydrogens is 266 g/mol. The fourth-order valence-electron chi connectivity index (χ4n) is 2.79. The van der Waals surface area contributed by atoms with Crippen LogP contribution in [0.5, 0.6) is 0 Å². The van der Waals surface area contributed by atoms with Gasteiger partial charge in [-0.2, -0.15) is 0 Å². The van der Waals surface area contributed by atoms with Gasteiger partial charge >= 0.3 is 0 Å². The molecule has 0 atom stereocenters. The number of hydrogen-bond acceptors (Lipinski definition) is 1. The third kappa shape index (κ3) is 2.67. The summed E-state index contributed by atoms with van der Waals surface area (Å²) >= 11 is 0. The van der Waals surface area contributed by atoms with Gasteiger partial charge in [0.2, 0.25) is 0 Å². The first kappa shape index (κ1) is 14.5. The van der Waals surface area contributed by atoms with E-state index in [1.54, 1.807) is 0 Å². The topological polar surface area (TPSA) is 12.9 Å². The molecule has 1 heterocycles. The molecule has 1 aromatic heterocycles. The Labute approximate surface area is 132 Å². The summed E-state index contributed by atoms with van der Waals surface area (Å²) in [7, 11) is 0. The first-order chi connectivity index (χ1) is 10.6. The van der Waals surface area contributed by atoms with Crippen molar-refractivity contribution >= 4 is 0 Å². The highest BCUT2D eigenvalue weighted by Crippen LogP contribution is 2.31. The fourth-order valence-corrected chi connectivity index (χ4v) is 2.79. The van der Waals surface area contributed by atoms with Crippen LogP contribution in [0.2, 0.25) is 0 Å². The molecule has 0 spiro atoms. The van der Waals surface area contributed by atoms with Gasteiger partial charge in [-0.1, -0.05) is 36.4 Å². The van der Waals surface area contributed by atoms with Gasteiger partial charge in [-0.25, -0.2) is 0 Å². The lowest BCUT2D eigenvalue weighted by Gasteiger charge is -2.13. The molecule has 0 bridgehead atoms. The third-order valence-corrected chi connectivity index (χ3v) is 4.30. The standard InChI is InChI=1S/C21H21N/c1-14-12-21(22-13-17(14)4)20-11-15(2)19(10-16(20)3)18-8-6-5-7-9-18/h5-13H,1-4H3. The molecule has 110 valence electrons. The van der Waals surface area contributed by atoms with Crippen LogP contribution < -0.4 is 0 Å². The van der Waals surface area contributed by atoms with Crippen LogP contribution in [0.25, 0.3) is 22.4 Å². The van der Waals surface area contributed by atoms with E-state index in [1.807, 2.05) is 6.20 Å². The maximum absolute atomic E-state index is 4.61. The zero-order valence-corrected chi connectivity index (χ0v) is 13.6. The average Bonchev–Trinajstić information content (AvgIpc) is 2.53. The number of aromatic nitrogens is 1. The molecule has 3 aromatic rings. The predicted octanol–water partition coefficient (Wildman–Crippen LogP) is 5.65. The summed E-state index contributed by atoms with van der Waals surface area (Å²) in [5, 5.41) is 0. The lowest BCUT2D eigenvalue weighted by molar-refractivity contribution is 1.21. The minimum Gasteiger partial charge on any atom is -0.256 e. The van der Waals surface area contributed by atoms with Gasteiger partial charge < -0.3 is 0 Å². The average molecular weight is 287 g/mol. The Bertz CT molecular complexity index is 817. The normalized spacial score (nSPS) is 10.7. The lowest BCUT2D eigenvalue weighted by atomic mass is 9.93. The van der Waals surface area contributed by atoms with Crippen LogP contribution in [-0.4, -0.2) is 4.98 Å². The van der Waals surface area contributed by atoms with Crippen LogP contribution in [0.3, 0.4) is 0 Å². The van der Waals surface area contributed by atoms with E-state index < -0.39 is 0 Å². The summed E-state index contributed by atoms with van der Waals surface area (Å²) in [6, 6.07) is 17.3. The van der Waals surface area contributed by atoms with Gasteiger partial charge in [-0.3, -0.25) is 4.98 Å². The number of benzene rings is 2. The molecular formula is C21H21N. The van der Waals surface area contributed by atoms with Gasteiger partial charge in [0, 0.05) is 11.8 Å². The molecule has 0 saturated carbocycles. The quantitative estimate of drug-likeness (QED) is 0.593. The minimum atomic E-state index is 1.06. The van der Waals surface area contributed by atoms with E-state index >= 15 is 0 Å². The summed E-state index contributed by atoms with van der Waals surface area (Å²) in [6.07, 6.45) is 1.96. The summed E-state index contributed by atoms with van der Waals surface area (Å²) in [5.74, 6) is 0. The van der Waals surface area contributed by atoms with Crippen LogP contribution in [0.1, 0.15) is 22.3 Å². The molecule has 2 aromatic carbocycles. The SMILES string of the molecule is Cc1cnc(-c2cc(C)c(-c3ccccc3)cc2C)cc1C. The van der Waals surface area contributed by atoms with Crippen LogP contribution in [0, 0.1) is 27.7 Å². The molecule has 22 heavy (non-hydrogen) atoms. The van der Waals surface area contributed by atoms with Crippen molar-refractivity contribution in [2.45, 2.75) is 27.7 Å². The Morgan fingerprint density at radius 3 is 1.95 bits per heavy atom. The largest absolute Gasteiger partial charge is 0.256 e. The molecule has 0 aliphatic carbocycles. The number of pyridine rings is 1. The van der Waals surface area contributed by atoms with Crippen LogP contribution >= 0.6 is 0 Å². The zero-order valence-electron chi connectivity index (χ0n) is 13.6. The van der Waals surface area contributed by atoms with E-state index in [1.165, 1.54) is 38.9 Å². The molecule has 0 N–H and O–H groups in total. The van der Waals surface area contributed by atoms with Gasteiger partial charge in [0.05, 0.1) is 5.69 Å². The van der Waals surface area contributed by atoms with Crippen molar-refractivity contribution < 1.29 is 0 Å². The molecule has 0 aliphatic heterocycles. The molecule has 0 amide bonds. The lowest BCUT2D eigenvalue weighted by Crippen LogP contribution is -1.93. The Kier molecular flexibility index (Phi) is 3.81. The Morgan fingerprint density at radius 1 is 0.636 bits per heavy atom. The number of rotatable bonds is 2. The van der Waals surface area contributed by atoms with E-state index in [-0.39, 0.29) is 0 Å². The molecule has 1 heteroatoms. The van der Waals surface area contributed by atoms with Crippen LogP contribution in [0.4, 0.5) is 0 Å². The van der Waals surface area contributed by atoms with Crippen molar-refractivity contribution in [3.63, 3.8) is 0 Å². The molecule has 0 radical (unpaired) electrons. The molecule has 1 nitrogen and oxygen atoms in total. The van der Waals surface area contributed by atoms with Crippen molar-refractivity contribution in [3.05, 3.63) is 77.0 Å². The molecule has 0 saturated heterocycles. The van der Waals surface area contributed by atoms with Crippen molar-refractivity contribution in [2.24, 2.45) is 0 Å². The van der Waals surface area contributed by atoms with E-state index in [9.17, 15) is 0 Å². The summed E-state index contributed by atoms with van der Waals surface area (Å²) in [5.41, 5.74) is 9.91. The number of aryl methyl sites for hydroxylation is 4. The maximum Gasteiger partial charge on any atom is 0.0707 e. The summed E-state index contributed by atoms with van der Waals surface area (Å²) < 4.78 is 0. The Hall–Kier alpha value is -2.41. The van der Waals surface area contributed by atoms with Gasteiger partial charge in [-0.15, -0.1) is 0 Å². The third-order valence-electron chi connectivity index (χ3n) is 4.30. The Balaban J connectivity index is 2.12. The predicted molar refractivity (Wildman–Crippen MR) is 94.1 cm³/mol. The van der Waals surface area contributed by atoms with Gasteiger partial charge in [0.1, 0.15) is 0 Å². The fraction of sp³-hybridized carbons (Fsp3) is 0.190. The zero-order chi connectivity index (χ0) is 15.7. The van der Waals surface area contributed by atoms with E-state index in [0.29, 0.717) is 0 Å².